The maximum atomic E-state index is 12.6. The summed E-state index contributed by atoms with van der Waals surface area (Å²) in [5, 5.41) is 3.15. The smallest absolute Gasteiger partial charge is 0.252 e. The van der Waals surface area contributed by atoms with E-state index in [4.69, 9.17) is 14.2 Å². The summed E-state index contributed by atoms with van der Waals surface area (Å²) in [6.07, 6.45) is 1.86. The van der Waals surface area contributed by atoms with Crippen molar-refractivity contribution in [3.8, 4) is 17.2 Å². The van der Waals surface area contributed by atoms with Crippen molar-refractivity contribution in [2.45, 2.75) is 18.4 Å². The highest BCUT2D eigenvalue weighted by molar-refractivity contribution is 5.95. The molecule has 0 heterocycles. The van der Waals surface area contributed by atoms with Crippen LogP contribution in [0.4, 0.5) is 0 Å². The van der Waals surface area contributed by atoms with Gasteiger partial charge in [-0.05, 0) is 48.7 Å². The van der Waals surface area contributed by atoms with Gasteiger partial charge in [0.2, 0.25) is 0 Å². The third-order valence-corrected chi connectivity index (χ3v) is 4.39. The van der Waals surface area contributed by atoms with Crippen LogP contribution in [0.1, 0.15) is 28.8 Å². The van der Waals surface area contributed by atoms with Crippen LogP contribution in [0.25, 0.3) is 0 Å². The average molecular weight is 327 g/mol. The van der Waals surface area contributed by atoms with Gasteiger partial charge in [-0.2, -0.15) is 0 Å². The number of carbonyl (C=O) groups excluding carboxylic acids is 1. The van der Waals surface area contributed by atoms with Gasteiger partial charge in [0, 0.05) is 5.56 Å². The lowest BCUT2D eigenvalue weighted by Crippen LogP contribution is -2.34. The number of nitrogens with one attached hydrogen (secondary N) is 1. The van der Waals surface area contributed by atoms with Crippen LogP contribution in [0.2, 0.25) is 0 Å². The minimum Gasteiger partial charge on any atom is -0.497 e. The topological polar surface area (TPSA) is 56.8 Å². The van der Waals surface area contributed by atoms with Gasteiger partial charge >= 0.3 is 0 Å². The van der Waals surface area contributed by atoms with E-state index >= 15 is 0 Å². The van der Waals surface area contributed by atoms with Crippen LogP contribution in [0, 0.1) is 0 Å². The molecule has 126 valence electrons. The highest BCUT2D eigenvalue weighted by Crippen LogP contribution is 2.46. The molecule has 1 N–H and O–H groups in total. The van der Waals surface area contributed by atoms with Crippen LogP contribution in [-0.4, -0.2) is 27.2 Å². The van der Waals surface area contributed by atoms with Gasteiger partial charge in [-0.3, -0.25) is 4.79 Å². The molecule has 1 aliphatic carbocycles. The Balaban J connectivity index is 1.78. The molecule has 0 atom stereocenters. The van der Waals surface area contributed by atoms with E-state index in [2.05, 4.69) is 5.32 Å². The first-order valence-corrected chi connectivity index (χ1v) is 7.81. The number of benzene rings is 2. The Labute approximate surface area is 141 Å². The third-order valence-electron chi connectivity index (χ3n) is 4.39. The molecule has 1 saturated carbocycles. The highest BCUT2D eigenvalue weighted by Gasteiger charge is 2.45. The molecule has 1 amide bonds. The molecule has 1 aliphatic rings. The summed E-state index contributed by atoms with van der Waals surface area (Å²) < 4.78 is 15.7. The molecule has 0 unspecified atom stereocenters. The van der Waals surface area contributed by atoms with Gasteiger partial charge in [-0.25, -0.2) is 0 Å². The van der Waals surface area contributed by atoms with Gasteiger partial charge in [0.25, 0.3) is 5.91 Å². The Morgan fingerprint density at radius 2 is 1.58 bits per heavy atom. The van der Waals surface area contributed by atoms with Gasteiger partial charge < -0.3 is 19.5 Å². The monoisotopic (exact) mass is 327 g/mol. The fraction of sp³-hybridized carbons (Fsp3) is 0.316. The lowest BCUT2D eigenvalue weighted by molar-refractivity contribution is 0.0930. The average Bonchev–Trinajstić information content (AvgIpc) is 3.41. The Kier molecular flexibility index (Phi) is 4.34. The van der Waals surface area contributed by atoms with E-state index in [1.54, 1.807) is 39.5 Å². The van der Waals surface area contributed by atoms with E-state index in [-0.39, 0.29) is 11.4 Å². The number of carbonyl (C=O) groups is 1. The van der Waals surface area contributed by atoms with Gasteiger partial charge in [0.05, 0.1) is 26.9 Å². The molecule has 0 saturated heterocycles. The third kappa shape index (κ3) is 3.02. The standard InChI is InChI=1S/C19H21NO4/c1-22-15-7-5-14(6-8-15)19(10-11-19)20-18(21)13-4-9-16(23-2)17(12-13)24-3/h4-9,12H,10-11H2,1-3H3,(H,20,21). The molecule has 2 aromatic carbocycles. The molecule has 5 nitrogen and oxygen atoms in total. The number of ether oxygens (including phenoxy) is 3. The van der Waals surface area contributed by atoms with Crippen LogP contribution in [0.3, 0.4) is 0 Å². The minimum atomic E-state index is -0.281. The summed E-state index contributed by atoms with van der Waals surface area (Å²) in [5.74, 6) is 1.83. The van der Waals surface area contributed by atoms with Crippen molar-refractivity contribution < 1.29 is 19.0 Å². The zero-order chi connectivity index (χ0) is 17.2. The largest absolute Gasteiger partial charge is 0.497 e. The molecule has 24 heavy (non-hydrogen) atoms. The quantitative estimate of drug-likeness (QED) is 0.885. The lowest BCUT2D eigenvalue weighted by Gasteiger charge is -2.19. The number of methoxy groups -OCH3 is 3. The Bertz CT molecular complexity index is 736. The first kappa shape index (κ1) is 16.2. The summed E-state index contributed by atoms with van der Waals surface area (Å²) in [6.45, 7) is 0. The van der Waals surface area contributed by atoms with Crippen LogP contribution in [-0.2, 0) is 5.54 Å². The second-order valence-corrected chi connectivity index (χ2v) is 5.83. The van der Waals surface area contributed by atoms with Gasteiger partial charge in [0.1, 0.15) is 5.75 Å². The first-order valence-electron chi connectivity index (χ1n) is 7.81. The number of hydrogen-bond acceptors (Lipinski definition) is 4. The fourth-order valence-corrected chi connectivity index (χ4v) is 2.79. The molecule has 0 radical (unpaired) electrons. The highest BCUT2D eigenvalue weighted by atomic mass is 16.5. The Morgan fingerprint density at radius 3 is 2.12 bits per heavy atom. The van der Waals surface area contributed by atoms with Gasteiger partial charge in [-0.15, -0.1) is 0 Å². The van der Waals surface area contributed by atoms with Crippen molar-refractivity contribution in [1.29, 1.82) is 0 Å². The molecule has 1 fully saturated rings. The summed E-state index contributed by atoms with van der Waals surface area (Å²) in [5.41, 5.74) is 1.36. The molecule has 3 rings (SSSR count). The molecule has 5 heteroatoms. The zero-order valence-electron chi connectivity index (χ0n) is 14.1. The number of rotatable bonds is 6. The molecular weight excluding hydrogens is 306 g/mol. The molecule has 0 spiro atoms. The second-order valence-electron chi connectivity index (χ2n) is 5.83. The van der Waals surface area contributed by atoms with E-state index in [1.807, 2.05) is 24.3 Å². The van der Waals surface area contributed by atoms with Crippen LogP contribution in [0.5, 0.6) is 17.2 Å². The van der Waals surface area contributed by atoms with Crippen molar-refractivity contribution >= 4 is 5.91 Å². The molecule has 0 aliphatic heterocycles. The lowest BCUT2D eigenvalue weighted by atomic mass is 10.0. The van der Waals surface area contributed by atoms with Crippen molar-refractivity contribution in [2.75, 3.05) is 21.3 Å². The van der Waals surface area contributed by atoms with Crippen LogP contribution >= 0.6 is 0 Å². The van der Waals surface area contributed by atoms with Crippen molar-refractivity contribution in [2.24, 2.45) is 0 Å². The number of amides is 1. The zero-order valence-corrected chi connectivity index (χ0v) is 14.1. The van der Waals surface area contributed by atoms with Crippen molar-refractivity contribution in [1.82, 2.24) is 5.32 Å². The van der Waals surface area contributed by atoms with Crippen molar-refractivity contribution in [3.05, 3.63) is 53.6 Å². The van der Waals surface area contributed by atoms with Gasteiger partial charge in [0.15, 0.2) is 11.5 Å². The molecule has 0 bridgehead atoms. The van der Waals surface area contributed by atoms with E-state index < -0.39 is 0 Å². The SMILES string of the molecule is COc1ccc(C2(NC(=O)c3ccc(OC)c(OC)c3)CC2)cc1. The molecule has 0 aromatic heterocycles. The maximum Gasteiger partial charge on any atom is 0.252 e. The summed E-state index contributed by atoms with van der Waals surface area (Å²) in [4.78, 5) is 12.6. The van der Waals surface area contributed by atoms with Gasteiger partial charge in [-0.1, -0.05) is 12.1 Å². The van der Waals surface area contributed by atoms with Crippen LogP contribution in [0.15, 0.2) is 42.5 Å². The minimum absolute atomic E-state index is 0.121. The van der Waals surface area contributed by atoms with Crippen molar-refractivity contribution in [3.63, 3.8) is 0 Å². The number of hydrogen-bond donors (Lipinski definition) is 1. The maximum absolute atomic E-state index is 12.6. The van der Waals surface area contributed by atoms with E-state index in [9.17, 15) is 4.79 Å². The fourth-order valence-electron chi connectivity index (χ4n) is 2.79. The predicted molar refractivity (Wildman–Crippen MR) is 90.9 cm³/mol. The molecular formula is C19H21NO4. The molecule has 2 aromatic rings. The summed E-state index contributed by atoms with van der Waals surface area (Å²) in [7, 11) is 4.76. The van der Waals surface area contributed by atoms with E-state index in [0.29, 0.717) is 17.1 Å². The summed E-state index contributed by atoms with van der Waals surface area (Å²) >= 11 is 0. The predicted octanol–water partition coefficient (Wildman–Crippen LogP) is 3.13. The Hall–Kier alpha value is -2.69. The van der Waals surface area contributed by atoms with E-state index in [1.165, 1.54) is 0 Å². The summed E-state index contributed by atoms with van der Waals surface area (Å²) in [6, 6.07) is 13.0. The normalized spacial score (nSPS) is 14.6. The Morgan fingerprint density at radius 1 is 0.917 bits per heavy atom. The van der Waals surface area contributed by atoms with E-state index in [0.717, 1.165) is 24.2 Å². The first-order chi connectivity index (χ1) is 11.6. The second kappa shape index (κ2) is 6.43. The van der Waals surface area contributed by atoms with Crippen LogP contribution < -0.4 is 19.5 Å².